The first-order valence-corrected chi connectivity index (χ1v) is 5.52. The van der Waals surface area contributed by atoms with E-state index in [4.69, 9.17) is 0 Å². The summed E-state index contributed by atoms with van der Waals surface area (Å²) in [7, 11) is 7.61. The minimum Gasteiger partial charge on any atom is -0.331 e. The van der Waals surface area contributed by atoms with E-state index in [-0.39, 0.29) is 6.03 Å². The summed E-state index contributed by atoms with van der Waals surface area (Å²) in [5, 5.41) is 0. The minimum absolute atomic E-state index is 0.0969. The van der Waals surface area contributed by atoms with E-state index in [9.17, 15) is 4.79 Å². The van der Waals surface area contributed by atoms with Gasteiger partial charge in [0.25, 0.3) is 0 Å². The van der Waals surface area contributed by atoms with Gasteiger partial charge in [0.2, 0.25) is 0 Å². The van der Waals surface area contributed by atoms with Crippen molar-refractivity contribution >= 4 is 6.03 Å². The number of hydrogen-bond donors (Lipinski definition) is 0. The highest BCUT2D eigenvalue weighted by atomic mass is 16.2. The second kappa shape index (κ2) is 4.39. The lowest BCUT2D eigenvalue weighted by atomic mass is 10.3. The molecule has 0 heterocycles. The van der Waals surface area contributed by atoms with Crippen LogP contribution in [0.4, 0.5) is 4.79 Å². The van der Waals surface area contributed by atoms with Gasteiger partial charge in [-0.3, -0.25) is 4.90 Å². The lowest BCUT2D eigenvalue weighted by Crippen LogP contribution is -2.41. The monoisotopic (exact) mass is 213 g/mol. The molecule has 0 bridgehead atoms. The van der Waals surface area contributed by atoms with Crippen molar-refractivity contribution in [2.24, 2.45) is 0 Å². The van der Waals surface area contributed by atoms with Crippen molar-refractivity contribution in [3.8, 4) is 0 Å². The first-order chi connectivity index (χ1) is 6.86. The van der Waals surface area contributed by atoms with Crippen LogP contribution in [0.1, 0.15) is 20.3 Å². The topological polar surface area (TPSA) is 26.8 Å². The minimum atomic E-state index is 0.0969. The fraction of sp³-hybridized carbons (Fsp3) is 0.909. The van der Waals surface area contributed by atoms with Crippen molar-refractivity contribution in [3.05, 3.63) is 0 Å². The summed E-state index contributed by atoms with van der Waals surface area (Å²) in [5.41, 5.74) is 0. The van der Waals surface area contributed by atoms with Crippen LogP contribution < -0.4 is 0 Å². The van der Waals surface area contributed by atoms with Gasteiger partial charge in [-0.05, 0) is 27.3 Å². The highest BCUT2D eigenvalue weighted by molar-refractivity contribution is 5.74. The molecule has 0 aromatic rings. The van der Waals surface area contributed by atoms with Crippen molar-refractivity contribution in [1.29, 1.82) is 0 Å². The lowest BCUT2D eigenvalue weighted by Gasteiger charge is -2.26. The Bertz CT molecular complexity index is 240. The summed E-state index contributed by atoms with van der Waals surface area (Å²) in [6, 6.07) is 1.58. The number of hydrogen-bond acceptors (Lipinski definition) is 2. The molecule has 1 rings (SSSR count). The van der Waals surface area contributed by atoms with Gasteiger partial charge in [-0.1, -0.05) is 0 Å². The average molecular weight is 213 g/mol. The van der Waals surface area contributed by atoms with Crippen LogP contribution in [0.25, 0.3) is 0 Å². The first kappa shape index (κ1) is 12.3. The molecule has 4 heteroatoms. The molecule has 1 aliphatic carbocycles. The Morgan fingerprint density at radius 2 is 1.67 bits per heavy atom. The van der Waals surface area contributed by atoms with Crippen LogP contribution in [0.2, 0.25) is 0 Å². The molecule has 0 aliphatic heterocycles. The van der Waals surface area contributed by atoms with Crippen molar-refractivity contribution in [2.75, 3.05) is 28.2 Å². The second-order valence-corrected chi connectivity index (χ2v) is 4.92. The molecule has 1 fully saturated rings. The number of urea groups is 1. The molecule has 0 aromatic heterocycles. The van der Waals surface area contributed by atoms with E-state index in [0.717, 1.165) is 6.42 Å². The zero-order valence-corrected chi connectivity index (χ0v) is 10.7. The standard InChI is InChI=1S/C11H23N3O/c1-8(2)13(5)9-7-10(9)14(6)11(15)12(3)4/h8-10H,7H2,1-6H3. The predicted molar refractivity (Wildman–Crippen MR) is 61.9 cm³/mol. The van der Waals surface area contributed by atoms with Crippen molar-refractivity contribution in [2.45, 2.75) is 38.4 Å². The molecule has 88 valence electrons. The van der Waals surface area contributed by atoms with Crippen molar-refractivity contribution in [1.82, 2.24) is 14.7 Å². The highest BCUT2D eigenvalue weighted by Gasteiger charge is 2.45. The van der Waals surface area contributed by atoms with E-state index in [1.165, 1.54) is 0 Å². The lowest BCUT2D eigenvalue weighted by molar-refractivity contribution is 0.169. The summed E-state index contributed by atoms with van der Waals surface area (Å²) >= 11 is 0. The summed E-state index contributed by atoms with van der Waals surface area (Å²) < 4.78 is 0. The van der Waals surface area contributed by atoms with Crippen LogP contribution in [0.15, 0.2) is 0 Å². The molecule has 0 aromatic carbocycles. The van der Waals surface area contributed by atoms with Crippen molar-refractivity contribution < 1.29 is 4.79 Å². The van der Waals surface area contributed by atoms with E-state index < -0.39 is 0 Å². The Kier molecular flexibility index (Phi) is 3.60. The van der Waals surface area contributed by atoms with Crippen LogP contribution in [0.5, 0.6) is 0 Å². The number of nitrogens with zero attached hydrogens (tertiary/aromatic N) is 3. The van der Waals surface area contributed by atoms with Crippen LogP contribution in [-0.2, 0) is 0 Å². The maximum atomic E-state index is 11.7. The largest absolute Gasteiger partial charge is 0.331 e. The molecule has 2 atom stereocenters. The third kappa shape index (κ3) is 2.62. The SMILES string of the molecule is CC(C)N(C)C1CC1N(C)C(=O)N(C)C. The Labute approximate surface area is 92.8 Å². The maximum Gasteiger partial charge on any atom is 0.319 e. The maximum absolute atomic E-state index is 11.7. The molecule has 0 radical (unpaired) electrons. The molecule has 2 amide bonds. The van der Waals surface area contributed by atoms with Gasteiger partial charge in [-0.25, -0.2) is 4.79 Å². The Balaban J connectivity index is 2.47. The van der Waals surface area contributed by atoms with Gasteiger partial charge in [0.05, 0.1) is 6.04 Å². The van der Waals surface area contributed by atoms with Gasteiger partial charge in [-0.15, -0.1) is 0 Å². The van der Waals surface area contributed by atoms with E-state index in [1.807, 2.05) is 11.9 Å². The summed E-state index contributed by atoms with van der Waals surface area (Å²) in [6.45, 7) is 4.37. The van der Waals surface area contributed by atoms with Crippen LogP contribution in [0, 0.1) is 0 Å². The number of carbonyl (C=O) groups excluding carboxylic acids is 1. The molecule has 15 heavy (non-hydrogen) atoms. The van der Waals surface area contributed by atoms with Gasteiger partial charge >= 0.3 is 6.03 Å². The summed E-state index contributed by atoms with van der Waals surface area (Å²) in [6.07, 6.45) is 1.10. The molecule has 0 saturated heterocycles. The highest BCUT2D eigenvalue weighted by Crippen LogP contribution is 2.33. The summed E-state index contributed by atoms with van der Waals surface area (Å²) in [5.74, 6) is 0. The third-order valence-corrected chi connectivity index (χ3v) is 3.24. The predicted octanol–water partition coefficient (Wildman–Crippen LogP) is 1.08. The van der Waals surface area contributed by atoms with Gasteiger partial charge in [0.15, 0.2) is 0 Å². The zero-order valence-electron chi connectivity index (χ0n) is 10.7. The fourth-order valence-corrected chi connectivity index (χ4v) is 1.86. The summed E-state index contributed by atoms with van der Waals surface area (Å²) in [4.78, 5) is 17.5. The van der Waals surface area contributed by atoms with E-state index in [1.54, 1.807) is 19.0 Å². The van der Waals surface area contributed by atoms with Gasteiger partial charge in [0.1, 0.15) is 0 Å². The van der Waals surface area contributed by atoms with Crippen LogP contribution >= 0.6 is 0 Å². The van der Waals surface area contributed by atoms with Gasteiger partial charge in [0, 0.05) is 33.2 Å². The molecule has 1 saturated carbocycles. The first-order valence-electron chi connectivity index (χ1n) is 5.52. The quantitative estimate of drug-likeness (QED) is 0.701. The second-order valence-electron chi connectivity index (χ2n) is 4.92. The molecule has 4 nitrogen and oxygen atoms in total. The van der Waals surface area contributed by atoms with Crippen molar-refractivity contribution in [3.63, 3.8) is 0 Å². The number of rotatable bonds is 3. The molecular weight excluding hydrogens is 190 g/mol. The normalized spacial score (nSPS) is 24.5. The Morgan fingerprint density at radius 3 is 2.07 bits per heavy atom. The Hall–Kier alpha value is -0.770. The van der Waals surface area contributed by atoms with Gasteiger partial charge < -0.3 is 9.80 Å². The third-order valence-electron chi connectivity index (χ3n) is 3.24. The van der Waals surface area contributed by atoms with Crippen LogP contribution in [-0.4, -0.2) is 67.0 Å². The molecular formula is C11H23N3O. The number of carbonyl (C=O) groups is 1. The Morgan fingerprint density at radius 1 is 1.13 bits per heavy atom. The van der Waals surface area contributed by atoms with Gasteiger partial charge in [-0.2, -0.15) is 0 Å². The smallest absolute Gasteiger partial charge is 0.319 e. The average Bonchev–Trinajstić information content (AvgIpc) is 2.93. The molecule has 1 aliphatic rings. The number of likely N-dealkylation sites (N-methyl/N-ethyl adjacent to an activating group) is 2. The number of amides is 2. The molecule has 0 N–H and O–H groups in total. The van der Waals surface area contributed by atoms with Crippen LogP contribution in [0.3, 0.4) is 0 Å². The zero-order chi connectivity index (χ0) is 11.7. The van der Waals surface area contributed by atoms with E-state index in [2.05, 4.69) is 25.8 Å². The molecule has 2 unspecified atom stereocenters. The van der Waals surface area contributed by atoms with E-state index in [0.29, 0.717) is 18.1 Å². The van der Waals surface area contributed by atoms with E-state index >= 15 is 0 Å². The fourth-order valence-electron chi connectivity index (χ4n) is 1.86. The molecule has 0 spiro atoms.